The Balaban J connectivity index is 1.37. The minimum atomic E-state index is -0.527. The first-order valence-corrected chi connectivity index (χ1v) is 15.1. The molecule has 48 heavy (non-hydrogen) atoms. The van der Waals surface area contributed by atoms with E-state index in [4.69, 9.17) is 11.1 Å². The maximum Gasteiger partial charge on any atom is 0.273 e. The quantitative estimate of drug-likeness (QED) is 0.0457. The van der Waals surface area contributed by atoms with Crippen molar-refractivity contribution in [3.63, 3.8) is 0 Å². The molecule has 252 valence electrons. The summed E-state index contributed by atoms with van der Waals surface area (Å²) in [5.74, 6) is -2.33. The number of hydrogen-bond acceptors (Lipinski definition) is 7. The number of amides is 5. The summed E-state index contributed by atoms with van der Waals surface area (Å²) in [6.07, 6.45) is 6.02. The molecule has 0 aliphatic heterocycles. The van der Waals surface area contributed by atoms with Crippen molar-refractivity contribution in [1.82, 2.24) is 34.1 Å². The van der Waals surface area contributed by atoms with Gasteiger partial charge in [0.2, 0.25) is 5.91 Å². The lowest BCUT2D eigenvalue weighted by Gasteiger charge is -2.06. The Bertz CT molecular complexity index is 1930. The molecule has 9 N–H and O–H groups in total. The minimum Gasteiger partial charge on any atom is -0.370 e. The number of guanidine groups is 1. The maximum atomic E-state index is 13.2. The minimum absolute atomic E-state index is 0.141. The van der Waals surface area contributed by atoms with E-state index in [9.17, 15) is 24.0 Å². The van der Waals surface area contributed by atoms with Crippen molar-refractivity contribution in [2.45, 2.75) is 0 Å². The van der Waals surface area contributed by atoms with Gasteiger partial charge in [-0.05, 0) is 23.2 Å². The van der Waals surface area contributed by atoms with Gasteiger partial charge in [-0.25, -0.2) is 0 Å². The van der Waals surface area contributed by atoms with Crippen LogP contribution < -0.4 is 37.6 Å². The maximum absolute atomic E-state index is 13.2. The molecule has 5 amide bonds. The van der Waals surface area contributed by atoms with E-state index < -0.39 is 23.6 Å². The molecule has 0 radical (unpaired) electrons. The lowest BCUT2D eigenvalue weighted by molar-refractivity contribution is -0.111. The third kappa shape index (κ3) is 8.57. The normalized spacial score (nSPS) is 10.9. The first-order valence-electron chi connectivity index (χ1n) is 14.2. The second-order valence-corrected chi connectivity index (χ2v) is 11.0. The van der Waals surface area contributed by atoms with Gasteiger partial charge in [-0.1, -0.05) is 15.9 Å². The van der Waals surface area contributed by atoms with Crippen LogP contribution in [0.1, 0.15) is 42.0 Å². The number of carbonyl (C=O) groups is 5. The van der Waals surface area contributed by atoms with E-state index >= 15 is 0 Å². The zero-order valence-corrected chi connectivity index (χ0v) is 27.9. The SMILES string of the molecule is Cn1cc(NC(=O)C=CBr)cc1C(=O)Nc1cc(C(=O)Nc2cc(C(=O)Nc3cc(C(=O)NCCNC(=N)N)n(C)n3)n(C)c2)n(C)c1. The molecule has 0 saturated heterocycles. The molecule has 0 bridgehead atoms. The summed E-state index contributed by atoms with van der Waals surface area (Å²) in [6.45, 7) is 0.486. The Hall–Kier alpha value is -6.11. The summed E-state index contributed by atoms with van der Waals surface area (Å²) >= 11 is 3.04. The molecule has 4 aromatic heterocycles. The van der Waals surface area contributed by atoms with Gasteiger partial charge in [0.25, 0.3) is 23.6 Å². The molecular formula is C29H34BrN13O5. The molecule has 0 unspecified atom stereocenters. The van der Waals surface area contributed by atoms with E-state index in [1.165, 1.54) is 44.6 Å². The van der Waals surface area contributed by atoms with Crippen LogP contribution >= 0.6 is 15.9 Å². The van der Waals surface area contributed by atoms with Crippen LogP contribution in [0.3, 0.4) is 0 Å². The van der Waals surface area contributed by atoms with Crippen LogP contribution in [0.2, 0.25) is 0 Å². The molecule has 0 spiro atoms. The monoisotopic (exact) mass is 723 g/mol. The zero-order valence-electron chi connectivity index (χ0n) is 26.3. The molecule has 0 aliphatic carbocycles. The average molecular weight is 725 g/mol. The van der Waals surface area contributed by atoms with Crippen LogP contribution in [0.15, 0.2) is 53.9 Å². The van der Waals surface area contributed by atoms with Gasteiger partial charge in [0.05, 0.1) is 17.1 Å². The Morgan fingerprint density at radius 3 is 1.65 bits per heavy atom. The summed E-state index contributed by atoms with van der Waals surface area (Å²) in [5, 5.41) is 27.4. The smallest absolute Gasteiger partial charge is 0.273 e. The van der Waals surface area contributed by atoms with E-state index in [0.717, 1.165) is 0 Å². The molecule has 4 heterocycles. The fraction of sp³-hybridized carbons (Fsp3) is 0.207. The predicted octanol–water partition coefficient (Wildman–Crippen LogP) is 1.25. The predicted molar refractivity (Wildman–Crippen MR) is 182 cm³/mol. The van der Waals surface area contributed by atoms with Crippen LogP contribution in [-0.4, -0.2) is 72.1 Å². The second-order valence-electron chi connectivity index (χ2n) is 10.5. The zero-order chi connectivity index (χ0) is 35.1. The highest BCUT2D eigenvalue weighted by atomic mass is 79.9. The molecule has 19 heteroatoms. The largest absolute Gasteiger partial charge is 0.370 e. The average Bonchev–Trinajstić information content (AvgIpc) is 3.76. The first-order chi connectivity index (χ1) is 22.7. The van der Waals surface area contributed by atoms with Crippen LogP contribution in [0.4, 0.5) is 22.9 Å². The van der Waals surface area contributed by atoms with Crippen LogP contribution in [-0.2, 0) is 33.0 Å². The van der Waals surface area contributed by atoms with Crippen molar-refractivity contribution < 1.29 is 24.0 Å². The van der Waals surface area contributed by atoms with E-state index in [1.54, 1.807) is 55.9 Å². The van der Waals surface area contributed by atoms with Gasteiger partial charge in [0.15, 0.2) is 11.8 Å². The summed E-state index contributed by atoms with van der Waals surface area (Å²) in [5.41, 5.74) is 7.29. The van der Waals surface area contributed by atoms with Crippen molar-refractivity contribution in [2.75, 3.05) is 34.4 Å². The van der Waals surface area contributed by atoms with Crippen molar-refractivity contribution in [3.05, 3.63) is 76.7 Å². The number of aromatic nitrogens is 5. The fourth-order valence-electron chi connectivity index (χ4n) is 4.59. The Labute approximate surface area is 282 Å². The van der Waals surface area contributed by atoms with Gasteiger partial charge >= 0.3 is 0 Å². The third-order valence-corrected chi connectivity index (χ3v) is 7.05. The van der Waals surface area contributed by atoms with Crippen molar-refractivity contribution in [3.8, 4) is 0 Å². The summed E-state index contributed by atoms with van der Waals surface area (Å²) in [6, 6.07) is 5.93. The number of nitrogens with zero attached hydrogens (tertiary/aromatic N) is 5. The molecule has 0 fully saturated rings. The van der Waals surface area contributed by atoms with Crippen molar-refractivity contribution >= 4 is 74.3 Å². The van der Waals surface area contributed by atoms with Gasteiger partial charge in [-0.3, -0.25) is 34.1 Å². The van der Waals surface area contributed by atoms with Crippen molar-refractivity contribution in [2.24, 2.45) is 33.9 Å². The Kier molecular flexibility index (Phi) is 10.9. The van der Waals surface area contributed by atoms with E-state index in [0.29, 0.717) is 17.1 Å². The van der Waals surface area contributed by atoms with Gasteiger partial charge in [-0.2, -0.15) is 5.10 Å². The van der Waals surface area contributed by atoms with Gasteiger partial charge < -0.3 is 51.3 Å². The molecule has 4 rings (SSSR count). The summed E-state index contributed by atoms with van der Waals surface area (Å²) in [7, 11) is 6.49. The Morgan fingerprint density at radius 1 is 0.708 bits per heavy atom. The Morgan fingerprint density at radius 2 is 1.17 bits per heavy atom. The number of nitrogens with two attached hydrogens (primary N) is 1. The topological polar surface area (TPSA) is 240 Å². The van der Waals surface area contributed by atoms with Gasteiger partial charge in [-0.15, -0.1) is 0 Å². The first kappa shape index (κ1) is 34.8. The lowest BCUT2D eigenvalue weighted by Crippen LogP contribution is -2.38. The van der Waals surface area contributed by atoms with Crippen LogP contribution in [0.5, 0.6) is 0 Å². The lowest BCUT2D eigenvalue weighted by atomic mass is 10.3. The van der Waals surface area contributed by atoms with E-state index in [2.05, 4.69) is 52.9 Å². The van der Waals surface area contributed by atoms with Gasteiger partial charge in [0, 0.05) is 72.0 Å². The fourth-order valence-corrected chi connectivity index (χ4v) is 4.83. The van der Waals surface area contributed by atoms with E-state index in [1.807, 2.05) is 0 Å². The van der Waals surface area contributed by atoms with Crippen LogP contribution in [0.25, 0.3) is 0 Å². The molecule has 4 aromatic rings. The number of carbonyl (C=O) groups excluding carboxylic acids is 5. The summed E-state index contributed by atoms with van der Waals surface area (Å²) < 4.78 is 5.94. The molecule has 0 aliphatic rings. The number of aryl methyl sites for hydroxylation is 4. The number of halogens is 1. The second kappa shape index (κ2) is 15.0. The van der Waals surface area contributed by atoms with E-state index in [-0.39, 0.29) is 53.5 Å². The number of anilines is 4. The molecular weight excluding hydrogens is 690 g/mol. The molecule has 0 aromatic carbocycles. The number of rotatable bonds is 12. The molecule has 0 atom stereocenters. The van der Waals surface area contributed by atoms with Crippen LogP contribution in [0, 0.1) is 5.41 Å². The number of nitrogens with one attached hydrogen (secondary N) is 7. The third-order valence-electron chi connectivity index (χ3n) is 6.79. The highest BCUT2D eigenvalue weighted by Crippen LogP contribution is 2.20. The summed E-state index contributed by atoms with van der Waals surface area (Å²) in [4.78, 5) is 64.9. The highest BCUT2D eigenvalue weighted by molar-refractivity contribution is 9.11. The molecule has 18 nitrogen and oxygen atoms in total. The van der Waals surface area contributed by atoms with Gasteiger partial charge in [0.1, 0.15) is 22.8 Å². The highest BCUT2D eigenvalue weighted by Gasteiger charge is 2.20. The number of hydrogen-bond donors (Lipinski definition) is 8. The standard InChI is InChI=1S/C29H34BrN13O5/c1-40-13-16(35-24(44)5-6-30)9-19(40)26(46)36-17-10-20(41(2)14-17)27(47)37-18-11-21(42(3)15-18)28(48)38-23-12-22(43(4)39-23)25(45)33-7-8-34-29(31)32/h5-6,9-15H,7-8H2,1-4H3,(H,33,45)(H,35,44)(H,36,46)(H,37,47)(H4,31,32,34)(H,38,39,48). The molecule has 0 saturated carbocycles. The van der Waals surface area contributed by atoms with Crippen molar-refractivity contribution in [1.29, 1.82) is 5.41 Å².